The van der Waals surface area contributed by atoms with Crippen molar-refractivity contribution in [1.29, 1.82) is 0 Å². The third-order valence-electron chi connectivity index (χ3n) is 4.62. The van der Waals surface area contributed by atoms with Gasteiger partial charge in [-0.3, -0.25) is 19.8 Å². The predicted octanol–water partition coefficient (Wildman–Crippen LogP) is 3.46. The van der Waals surface area contributed by atoms with E-state index in [1.54, 1.807) is 65.4 Å². The number of anilines is 1. The van der Waals surface area contributed by atoms with Crippen LogP contribution in [0.15, 0.2) is 72.4 Å². The Morgan fingerprint density at radius 3 is 2.47 bits per heavy atom. The molecule has 150 valence electrons. The van der Waals surface area contributed by atoms with E-state index in [-0.39, 0.29) is 10.7 Å². The van der Waals surface area contributed by atoms with E-state index in [0.717, 1.165) is 0 Å². The minimum atomic E-state index is -0.615. The van der Waals surface area contributed by atoms with E-state index in [1.807, 2.05) is 0 Å². The molecule has 1 N–H and O–H groups in total. The zero-order valence-corrected chi connectivity index (χ0v) is 16.7. The number of amides is 2. The summed E-state index contributed by atoms with van der Waals surface area (Å²) in [6.07, 6.45) is 3.07. The summed E-state index contributed by atoms with van der Waals surface area (Å²) in [5.41, 5.74) is 1.15. The molecule has 4 rings (SSSR count). The average molecular weight is 421 g/mol. The van der Waals surface area contributed by atoms with Crippen LogP contribution in [0, 0.1) is 5.82 Å². The highest BCUT2D eigenvalue weighted by molar-refractivity contribution is 7.80. The van der Waals surface area contributed by atoms with Crippen LogP contribution >= 0.6 is 12.2 Å². The molecule has 6 nitrogen and oxygen atoms in total. The number of hydrogen-bond acceptors (Lipinski definition) is 4. The molecule has 1 aliphatic rings. The molecule has 1 fully saturated rings. The highest BCUT2D eigenvalue weighted by Crippen LogP contribution is 2.25. The minimum absolute atomic E-state index is 0.0168. The molecule has 0 unspecified atom stereocenters. The molecule has 0 saturated carbocycles. The molecule has 1 aromatic heterocycles. The number of thiocarbonyl (C=S) groups is 1. The van der Waals surface area contributed by atoms with Gasteiger partial charge in [0.1, 0.15) is 17.1 Å². The predicted molar refractivity (Wildman–Crippen MR) is 115 cm³/mol. The van der Waals surface area contributed by atoms with Crippen LogP contribution in [0.1, 0.15) is 5.69 Å². The molecule has 30 heavy (non-hydrogen) atoms. The van der Waals surface area contributed by atoms with E-state index in [2.05, 4.69) is 5.32 Å². The van der Waals surface area contributed by atoms with Gasteiger partial charge in [-0.2, -0.15) is 0 Å². The van der Waals surface area contributed by atoms with Crippen molar-refractivity contribution in [1.82, 2.24) is 9.88 Å². The Labute approximate surface area is 177 Å². The van der Waals surface area contributed by atoms with Crippen molar-refractivity contribution in [2.45, 2.75) is 0 Å². The number of carbonyl (C=O) groups is 2. The third-order valence-corrected chi connectivity index (χ3v) is 4.90. The lowest BCUT2D eigenvalue weighted by atomic mass is 10.1. The molecule has 3 aromatic rings. The first-order valence-corrected chi connectivity index (χ1v) is 9.38. The molecule has 1 saturated heterocycles. The Kier molecular flexibility index (Phi) is 5.16. The van der Waals surface area contributed by atoms with Crippen molar-refractivity contribution in [2.24, 2.45) is 0 Å². The lowest BCUT2D eigenvalue weighted by molar-refractivity contribution is -0.122. The van der Waals surface area contributed by atoms with Gasteiger partial charge in [0, 0.05) is 11.9 Å². The molecule has 1 aliphatic heterocycles. The average Bonchev–Trinajstić information content (AvgIpc) is 3.20. The fraction of sp³-hybridized carbons (Fsp3) is 0.0455. The molecule has 0 radical (unpaired) electrons. The Balaban J connectivity index is 1.74. The van der Waals surface area contributed by atoms with Crippen LogP contribution in [0.25, 0.3) is 11.8 Å². The zero-order valence-electron chi connectivity index (χ0n) is 15.8. The van der Waals surface area contributed by atoms with Crippen LogP contribution in [0.2, 0.25) is 0 Å². The van der Waals surface area contributed by atoms with Crippen molar-refractivity contribution in [3.05, 3.63) is 83.9 Å². The summed E-state index contributed by atoms with van der Waals surface area (Å²) in [7, 11) is 1.54. The van der Waals surface area contributed by atoms with Gasteiger partial charge in [0.15, 0.2) is 5.11 Å². The third kappa shape index (κ3) is 3.48. The molecule has 8 heteroatoms. The number of halogens is 1. The van der Waals surface area contributed by atoms with Crippen LogP contribution in [-0.2, 0) is 9.59 Å². The van der Waals surface area contributed by atoms with Gasteiger partial charge in [-0.1, -0.05) is 12.1 Å². The minimum Gasteiger partial charge on any atom is -0.497 e. The summed E-state index contributed by atoms with van der Waals surface area (Å²) in [6, 6.07) is 16.3. The lowest BCUT2D eigenvalue weighted by Gasteiger charge is -2.29. The van der Waals surface area contributed by atoms with Gasteiger partial charge in [-0.05, 0) is 66.8 Å². The topological polar surface area (TPSA) is 63.6 Å². The smallest absolute Gasteiger partial charge is 0.270 e. The molecule has 0 bridgehead atoms. The number of aromatic nitrogens is 1. The van der Waals surface area contributed by atoms with Gasteiger partial charge in [-0.25, -0.2) is 4.39 Å². The number of nitrogens with zero attached hydrogens (tertiary/aromatic N) is 2. The van der Waals surface area contributed by atoms with Gasteiger partial charge in [0.2, 0.25) is 0 Å². The standard InChI is InChI=1S/C22H16FN3O3S/c1-29-16-10-8-14(9-11-16)26-21(28)17(20(27)24-22(26)30)13-15-5-4-12-25(15)19-7-3-2-6-18(19)23/h2-13H,1H3,(H,24,27,30). The van der Waals surface area contributed by atoms with Gasteiger partial charge < -0.3 is 9.30 Å². The van der Waals surface area contributed by atoms with Crippen LogP contribution in [0.5, 0.6) is 5.75 Å². The largest absolute Gasteiger partial charge is 0.497 e. The van der Waals surface area contributed by atoms with Gasteiger partial charge in [0.25, 0.3) is 11.8 Å². The number of methoxy groups -OCH3 is 1. The van der Waals surface area contributed by atoms with Crippen LogP contribution < -0.4 is 15.0 Å². The monoisotopic (exact) mass is 421 g/mol. The quantitative estimate of drug-likeness (QED) is 0.398. The van der Waals surface area contributed by atoms with E-state index >= 15 is 0 Å². The molecular weight excluding hydrogens is 405 g/mol. The number of benzene rings is 2. The molecule has 2 amide bonds. The van der Waals surface area contributed by atoms with Crippen molar-refractivity contribution >= 4 is 40.9 Å². The van der Waals surface area contributed by atoms with Crippen LogP contribution in [0.4, 0.5) is 10.1 Å². The van der Waals surface area contributed by atoms with Gasteiger partial charge in [0.05, 0.1) is 18.5 Å². The second-order valence-corrected chi connectivity index (χ2v) is 6.80. The lowest BCUT2D eigenvalue weighted by Crippen LogP contribution is -2.54. The first-order chi connectivity index (χ1) is 14.5. The first kappa shape index (κ1) is 19.5. The highest BCUT2D eigenvalue weighted by Gasteiger charge is 2.34. The fourth-order valence-corrected chi connectivity index (χ4v) is 3.43. The molecule has 0 atom stereocenters. The van der Waals surface area contributed by atoms with E-state index < -0.39 is 17.6 Å². The fourth-order valence-electron chi connectivity index (χ4n) is 3.15. The van der Waals surface area contributed by atoms with Crippen molar-refractivity contribution in [3.63, 3.8) is 0 Å². The van der Waals surface area contributed by atoms with E-state index in [1.165, 1.54) is 24.2 Å². The summed E-state index contributed by atoms with van der Waals surface area (Å²) in [5, 5.41) is 2.52. The van der Waals surface area contributed by atoms with Gasteiger partial charge >= 0.3 is 0 Å². The molecule has 2 aromatic carbocycles. The SMILES string of the molecule is COc1ccc(N2C(=O)C(=Cc3cccn3-c3ccccc3F)C(=O)NC2=S)cc1. The summed E-state index contributed by atoms with van der Waals surface area (Å²) in [5.74, 6) is -0.989. The number of para-hydroxylation sites is 1. The second kappa shape index (κ2) is 7.92. The van der Waals surface area contributed by atoms with Crippen LogP contribution in [-0.4, -0.2) is 28.6 Å². The molecule has 0 aliphatic carbocycles. The molecule has 2 heterocycles. The highest BCUT2D eigenvalue weighted by atomic mass is 32.1. The maximum atomic E-state index is 14.2. The van der Waals surface area contributed by atoms with Gasteiger partial charge in [-0.15, -0.1) is 0 Å². The number of nitrogens with one attached hydrogen (secondary N) is 1. The van der Waals surface area contributed by atoms with E-state index in [0.29, 0.717) is 22.8 Å². The maximum Gasteiger partial charge on any atom is 0.270 e. The number of ether oxygens (including phenoxy) is 1. The Morgan fingerprint density at radius 1 is 1.03 bits per heavy atom. The second-order valence-electron chi connectivity index (χ2n) is 6.41. The Hall–Kier alpha value is -3.78. The number of hydrogen-bond donors (Lipinski definition) is 1. The number of carbonyl (C=O) groups excluding carboxylic acids is 2. The summed E-state index contributed by atoms with van der Waals surface area (Å²) < 4.78 is 20.9. The first-order valence-electron chi connectivity index (χ1n) is 8.97. The Bertz CT molecular complexity index is 1180. The Morgan fingerprint density at radius 2 is 1.77 bits per heavy atom. The maximum absolute atomic E-state index is 14.2. The summed E-state index contributed by atoms with van der Waals surface area (Å²) >= 11 is 5.20. The summed E-state index contributed by atoms with van der Waals surface area (Å²) in [6.45, 7) is 0. The van der Waals surface area contributed by atoms with E-state index in [4.69, 9.17) is 17.0 Å². The normalized spacial score (nSPS) is 15.5. The molecular formula is C22H16FN3O3S. The van der Waals surface area contributed by atoms with Crippen LogP contribution in [0.3, 0.4) is 0 Å². The van der Waals surface area contributed by atoms with Crippen molar-refractivity contribution < 1.29 is 18.7 Å². The zero-order chi connectivity index (χ0) is 21.3. The van der Waals surface area contributed by atoms with Crippen molar-refractivity contribution in [2.75, 3.05) is 12.0 Å². The van der Waals surface area contributed by atoms with Crippen molar-refractivity contribution in [3.8, 4) is 11.4 Å². The number of rotatable bonds is 4. The summed E-state index contributed by atoms with van der Waals surface area (Å²) in [4.78, 5) is 26.9. The van der Waals surface area contributed by atoms with E-state index in [9.17, 15) is 14.0 Å². The molecule has 0 spiro atoms.